The van der Waals surface area contributed by atoms with E-state index < -0.39 is 10.0 Å². The largest absolute Gasteiger partial charge is 0.392 e. The summed E-state index contributed by atoms with van der Waals surface area (Å²) in [7, 11) is -3.75. The topological polar surface area (TPSA) is 66.4 Å². The van der Waals surface area contributed by atoms with Crippen LogP contribution in [0.2, 0.25) is 5.02 Å². The average Bonchev–Trinajstić information content (AvgIpc) is 2.42. The van der Waals surface area contributed by atoms with Crippen LogP contribution in [0.3, 0.4) is 0 Å². The second-order valence-corrected chi connectivity index (χ2v) is 7.44. The molecule has 0 saturated heterocycles. The molecule has 0 atom stereocenters. The fourth-order valence-electron chi connectivity index (χ4n) is 1.74. The molecule has 0 saturated carbocycles. The second kappa shape index (κ2) is 6.36. The van der Waals surface area contributed by atoms with Crippen LogP contribution in [-0.4, -0.2) is 13.5 Å². The molecule has 0 amide bonds. The third kappa shape index (κ3) is 3.77. The second-order valence-electron chi connectivity index (χ2n) is 4.50. The maximum atomic E-state index is 12.4. The summed E-state index contributed by atoms with van der Waals surface area (Å²) in [5.74, 6) is 0. The highest BCUT2D eigenvalue weighted by Crippen LogP contribution is 2.27. The lowest BCUT2D eigenvalue weighted by atomic mass is 10.2. The van der Waals surface area contributed by atoms with Crippen LogP contribution in [-0.2, 0) is 16.6 Å². The van der Waals surface area contributed by atoms with E-state index in [2.05, 4.69) is 20.7 Å². The molecule has 0 spiro atoms. The normalized spacial score (nSPS) is 11.4. The minimum absolute atomic E-state index is 0.0399. The lowest BCUT2D eigenvalue weighted by molar-refractivity contribution is 0.282. The van der Waals surface area contributed by atoms with Crippen molar-refractivity contribution in [2.75, 3.05) is 4.72 Å². The van der Waals surface area contributed by atoms with Gasteiger partial charge in [-0.05, 0) is 58.2 Å². The predicted octanol–water partition coefficient (Wildman–Crippen LogP) is 3.70. The van der Waals surface area contributed by atoms with Gasteiger partial charge in [0, 0.05) is 9.50 Å². The number of anilines is 1. The monoisotopic (exact) mass is 389 g/mol. The van der Waals surface area contributed by atoms with Crippen molar-refractivity contribution >= 4 is 43.2 Å². The molecule has 0 aliphatic carbocycles. The molecule has 112 valence electrons. The molecule has 0 bridgehead atoms. The van der Waals surface area contributed by atoms with E-state index in [0.717, 1.165) is 5.56 Å². The van der Waals surface area contributed by atoms with Gasteiger partial charge in [-0.1, -0.05) is 23.7 Å². The molecule has 0 fully saturated rings. The summed E-state index contributed by atoms with van der Waals surface area (Å²) in [4.78, 5) is 0.0399. The number of benzene rings is 2. The van der Waals surface area contributed by atoms with Crippen molar-refractivity contribution in [1.82, 2.24) is 0 Å². The molecule has 21 heavy (non-hydrogen) atoms. The molecule has 2 N–H and O–H groups in total. The predicted molar refractivity (Wildman–Crippen MR) is 87.1 cm³/mol. The molecule has 0 unspecified atom stereocenters. The Morgan fingerprint density at radius 2 is 1.95 bits per heavy atom. The molecule has 0 radical (unpaired) electrons. The highest BCUT2D eigenvalue weighted by Gasteiger charge is 2.17. The Morgan fingerprint density at radius 1 is 1.24 bits per heavy atom. The van der Waals surface area contributed by atoms with Crippen LogP contribution in [0.1, 0.15) is 11.1 Å². The maximum Gasteiger partial charge on any atom is 0.261 e. The summed E-state index contributed by atoms with van der Waals surface area (Å²) in [6.45, 7) is 1.63. The van der Waals surface area contributed by atoms with Gasteiger partial charge in [-0.15, -0.1) is 0 Å². The van der Waals surface area contributed by atoms with Crippen LogP contribution in [0.25, 0.3) is 0 Å². The van der Waals surface area contributed by atoms with Gasteiger partial charge in [0.05, 0.1) is 17.2 Å². The Hall–Kier alpha value is -1.08. The zero-order valence-corrected chi connectivity index (χ0v) is 14.3. The summed E-state index contributed by atoms with van der Waals surface area (Å²) in [6, 6.07) is 9.58. The third-order valence-corrected chi connectivity index (χ3v) is 5.28. The molecule has 2 rings (SSSR count). The number of aliphatic hydroxyl groups is 1. The van der Waals surface area contributed by atoms with Gasteiger partial charge in [-0.2, -0.15) is 0 Å². The van der Waals surface area contributed by atoms with E-state index in [1.165, 1.54) is 18.2 Å². The van der Waals surface area contributed by atoms with E-state index in [1.807, 2.05) is 13.0 Å². The molecule has 2 aromatic carbocycles. The summed E-state index contributed by atoms with van der Waals surface area (Å²) in [5.41, 5.74) is 1.87. The number of hydrogen-bond acceptors (Lipinski definition) is 3. The van der Waals surface area contributed by atoms with Gasteiger partial charge in [0.25, 0.3) is 10.0 Å². The summed E-state index contributed by atoms with van der Waals surface area (Å²) in [5, 5.41) is 9.27. The summed E-state index contributed by atoms with van der Waals surface area (Å²) < 4.78 is 27.9. The lowest BCUT2D eigenvalue weighted by Crippen LogP contribution is -2.13. The number of halogens is 2. The van der Waals surface area contributed by atoms with E-state index in [9.17, 15) is 8.42 Å². The molecular formula is C14H13BrClNO3S. The highest BCUT2D eigenvalue weighted by molar-refractivity contribution is 9.10. The number of hydrogen-bond donors (Lipinski definition) is 2. The molecule has 4 nitrogen and oxygen atoms in total. The lowest BCUT2D eigenvalue weighted by Gasteiger charge is -2.11. The minimum atomic E-state index is -3.75. The SMILES string of the molecule is Cc1ccc(Br)c(NS(=O)(=O)c2ccc(CO)c(Cl)c2)c1. The molecule has 0 aliphatic heterocycles. The van der Waals surface area contributed by atoms with E-state index in [0.29, 0.717) is 15.7 Å². The first kappa shape index (κ1) is 16.3. The molecular weight excluding hydrogens is 378 g/mol. The van der Waals surface area contributed by atoms with Crippen LogP contribution in [0.4, 0.5) is 5.69 Å². The number of aryl methyl sites for hydroxylation is 1. The Kier molecular flexibility index (Phi) is 4.93. The van der Waals surface area contributed by atoms with E-state index in [4.69, 9.17) is 16.7 Å². The zero-order valence-electron chi connectivity index (χ0n) is 11.1. The van der Waals surface area contributed by atoms with Crippen LogP contribution >= 0.6 is 27.5 Å². The van der Waals surface area contributed by atoms with Gasteiger partial charge in [0.1, 0.15) is 0 Å². The van der Waals surface area contributed by atoms with Gasteiger partial charge in [0.15, 0.2) is 0 Å². The minimum Gasteiger partial charge on any atom is -0.392 e. The van der Waals surface area contributed by atoms with Gasteiger partial charge in [-0.3, -0.25) is 4.72 Å². The maximum absolute atomic E-state index is 12.4. The summed E-state index contributed by atoms with van der Waals surface area (Å²) in [6.07, 6.45) is 0. The van der Waals surface area contributed by atoms with Crippen molar-refractivity contribution in [3.63, 3.8) is 0 Å². The average molecular weight is 391 g/mol. The first-order valence-corrected chi connectivity index (χ1v) is 8.67. The van der Waals surface area contributed by atoms with Crippen LogP contribution < -0.4 is 4.72 Å². The summed E-state index contributed by atoms with van der Waals surface area (Å²) >= 11 is 9.24. The van der Waals surface area contributed by atoms with Crippen LogP contribution in [0.5, 0.6) is 0 Å². The van der Waals surface area contributed by atoms with Gasteiger partial charge in [0.2, 0.25) is 0 Å². The van der Waals surface area contributed by atoms with Crippen LogP contribution in [0.15, 0.2) is 45.8 Å². The van der Waals surface area contributed by atoms with Gasteiger partial charge in [-0.25, -0.2) is 8.42 Å². The fraction of sp³-hybridized carbons (Fsp3) is 0.143. The van der Waals surface area contributed by atoms with Crippen molar-refractivity contribution in [3.05, 3.63) is 57.0 Å². The fourth-order valence-corrected chi connectivity index (χ4v) is 3.62. The first-order valence-electron chi connectivity index (χ1n) is 6.02. The Bertz CT molecular complexity index is 778. The van der Waals surface area contributed by atoms with E-state index in [-0.39, 0.29) is 16.5 Å². The van der Waals surface area contributed by atoms with Crippen molar-refractivity contribution in [1.29, 1.82) is 0 Å². The smallest absolute Gasteiger partial charge is 0.261 e. The van der Waals surface area contributed by atoms with E-state index >= 15 is 0 Å². The van der Waals surface area contributed by atoms with Crippen molar-refractivity contribution in [2.45, 2.75) is 18.4 Å². The first-order chi connectivity index (χ1) is 9.83. The molecule has 2 aromatic rings. The number of rotatable bonds is 4. The van der Waals surface area contributed by atoms with E-state index in [1.54, 1.807) is 12.1 Å². The standard InChI is InChI=1S/C14H13BrClNO3S/c1-9-2-5-12(15)14(6-9)17-21(19,20)11-4-3-10(8-18)13(16)7-11/h2-7,17-18H,8H2,1H3. The van der Waals surface area contributed by atoms with Gasteiger partial charge >= 0.3 is 0 Å². The van der Waals surface area contributed by atoms with Crippen molar-refractivity contribution < 1.29 is 13.5 Å². The Balaban J connectivity index is 2.38. The Morgan fingerprint density at radius 3 is 2.57 bits per heavy atom. The quantitative estimate of drug-likeness (QED) is 0.836. The third-order valence-electron chi connectivity index (χ3n) is 2.87. The number of nitrogens with one attached hydrogen (secondary N) is 1. The molecule has 0 aliphatic rings. The van der Waals surface area contributed by atoms with Crippen molar-refractivity contribution in [2.24, 2.45) is 0 Å². The molecule has 7 heteroatoms. The zero-order chi connectivity index (χ0) is 15.6. The highest BCUT2D eigenvalue weighted by atomic mass is 79.9. The number of sulfonamides is 1. The van der Waals surface area contributed by atoms with Crippen LogP contribution in [0, 0.1) is 6.92 Å². The number of aliphatic hydroxyl groups excluding tert-OH is 1. The van der Waals surface area contributed by atoms with Gasteiger partial charge < -0.3 is 5.11 Å². The Labute approximate surface area is 136 Å². The molecule has 0 aromatic heterocycles. The van der Waals surface area contributed by atoms with Crippen molar-refractivity contribution in [3.8, 4) is 0 Å². The molecule has 0 heterocycles.